The van der Waals surface area contributed by atoms with Crippen LogP contribution in [0.1, 0.15) is 26.3 Å². The summed E-state index contributed by atoms with van der Waals surface area (Å²) in [5.74, 6) is -2.12. The largest absolute Gasteiger partial charge is 0.488 e. The second kappa shape index (κ2) is 9.66. The fraction of sp³-hybridized carbons (Fsp3) is 0.0952. The van der Waals surface area contributed by atoms with Crippen molar-refractivity contribution in [3.63, 3.8) is 0 Å². The van der Waals surface area contributed by atoms with Gasteiger partial charge in [-0.25, -0.2) is 9.18 Å². The Morgan fingerprint density at radius 3 is 2.47 bits per heavy atom. The third-order valence-electron chi connectivity index (χ3n) is 3.93. The number of carbonyl (C=O) groups excluding carboxylic acids is 3. The van der Waals surface area contributed by atoms with Gasteiger partial charge in [-0.2, -0.15) is 0 Å². The molecule has 0 aliphatic heterocycles. The maximum absolute atomic E-state index is 13.0. The maximum atomic E-state index is 13.0. The van der Waals surface area contributed by atoms with Crippen molar-refractivity contribution < 1.29 is 28.2 Å². The van der Waals surface area contributed by atoms with Crippen molar-refractivity contribution >= 4 is 34.1 Å². The van der Waals surface area contributed by atoms with Crippen molar-refractivity contribution in [2.24, 2.45) is 5.73 Å². The molecule has 2 aromatic carbocycles. The van der Waals surface area contributed by atoms with Crippen molar-refractivity contribution in [3.05, 3.63) is 82.5 Å². The number of hydrogen-bond donors (Lipinski definition) is 2. The molecule has 30 heavy (non-hydrogen) atoms. The molecule has 0 atom stereocenters. The van der Waals surface area contributed by atoms with Gasteiger partial charge in [-0.05, 0) is 41.3 Å². The number of ether oxygens (including phenoxy) is 2. The number of carbonyl (C=O) groups is 3. The van der Waals surface area contributed by atoms with Gasteiger partial charge in [0, 0.05) is 0 Å². The standard InChI is InChI=1S/C21H17FN2O5S/c22-14-7-5-13(6-8-14)11-28-17-4-2-1-3-15(17)21(27)29-12-18(25)24-20-16(19(23)26)9-10-30-20/h1-10H,11-12H2,(H2,23,26)(H,24,25). The number of halogens is 1. The van der Waals surface area contributed by atoms with Gasteiger partial charge in [0.15, 0.2) is 6.61 Å². The minimum Gasteiger partial charge on any atom is -0.488 e. The predicted octanol–water partition coefficient (Wildman–Crippen LogP) is 3.36. The van der Waals surface area contributed by atoms with Crippen LogP contribution in [0.5, 0.6) is 5.75 Å². The summed E-state index contributed by atoms with van der Waals surface area (Å²) in [6, 6.07) is 13.7. The number of nitrogens with two attached hydrogens (primary N) is 1. The van der Waals surface area contributed by atoms with E-state index in [0.29, 0.717) is 0 Å². The van der Waals surface area contributed by atoms with E-state index in [0.717, 1.165) is 16.9 Å². The van der Waals surface area contributed by atoms with Gasteiger partial charge < -0.3 is 20.5 Å². The summed E-state index contributed by atoms with van der Waals surface area (Å²) >= 11 is 1.13. The highest BCUT2D eigenvalue weighted by Gasteiger charge is 2.17. The number of amides is 2. The topological polar surface area (TPSA) is 108 Å². The van der Waals surface area contributed by atoms with E-state index in [-0.39, 0.29) is 34.3 Å². The number of nitrogens with one attached hydrogen (secondary N) is 1. The van der Waals surface area contributed by atoms with Gasteiger partial charge in [0.1, 0.15) is 28.7 Å². The molecular weight excluding hydrogens is 411 g/mol. The van der Waals surface area contributed by atoms with Crippen molar-refractivity contribution in [1.82, 2.24) is 0 Å². The molecule has 7 nitrogen and oxygen atoms in total. The van der Waals surface area contributed by atoms with Crippen LogP contribution in [0.25, 0.3) is 0 Å². The van der Waals surface area contributed by atoms with Gasteiger partial charge in [-0.3, -0.25) is 9.59 Å². The zero-order valence-electron chi connectivity index (χ0n) is 15.6. The SMILES string of the molecule is NC(=O)c1ccsc1NC(=O)COC(=O)c1ccccc1OCc1ccc(F)cc1. The van der Waals surface area contributed by atoms with Crippen molar-refractivity contribution in [2.75, 3.05) is 11.9 Å². The van der Waals surface area contributed by atoms with Crippen molar-refractivity contribution in [3.8, 4) is 5.75 Å². The second-order valence-electron chi connectivity index (χ2n) is 6.06. The molecule has 1 heterocycles. The average molecular weight is 428 g/mol. The lowest BCUT2D eigenvalue weighted by Gasteiger charge is -2.11. The Kier molecular flexibility index (Phi) is 6.76. The summed E-state index contributed by atoms with van der Waals surface area (Å²) in [4.78, 5) is 35.7. The average Bonchev–Trinajstić information content (AvgIpc) is 3.20. The molecule has 3 rings (SSSR count). The maximum Gasteiger partial charge on any atom is 0.342 e. The summed E-state index contributed by atoms with van der Waals surface area (Å²) in [6.45, 7) is -0.430. The first-order chi connectivity index (χ1) is 14.4. The number of rotatable bonds is 8. The third kappa shape index (κ3) is 5.42. The summed E-state index contributed by atoms with van der Waals surface area (Å²) in [7, 11) is 0. The highest BCUT2D eigenvalue weighted by Crippen LogP contribution is 2.23. The lowest BCUT2D eigenvalue weighted by molar-refractivity contribution is -0.119. The van der Waals surface area contributed by atoms with E-state index >= 15 is 0 Å². The Morgan fingerprint density at radius 2 is 1.73 bits per heavy atom. The Balaban J connectivity index is 1.58. The Hall–Kier alpha value is -3.72. The first-order valence-corrected chi connectivity index (χ1v) is 9.62. The first-order valence-electron chi connectivity index (χ1n) is 8.74. The number of esters is 1. The van der Waals surface area contributed by atoms with E-state index in [1.807, 2.05) is 0 Å². The molecule has 0 spiro atoms. The normalized spacial score (nSPS) is 10.3. The summed E-state index contributed by atoms with van der Waals surface area (Å²) in [5.41, 5.74) is 6.27. The Bertz CT molecular complexity index is 1070. The van der Waals surface area contributed by atoms with E-state index in [9.17, 15) is 18.8 Å². The van der Waals surface area contributed by atoms with Gasteiger partial charge >= 0.3 is 5.97 Å². The third-order valence-corrected chi connectivity index (χ3v) is 4.76. The van der Waals surface area contributed by atoms with Crippen LogP contribution in [0.2, 0.25) is 0 Å². The van der Waals surface area contributed by atoms with E-state index in [1.165, 1.54) is 24.3 Å². The van der Waals surface area contributed by atoms with Crippen LogP contribution in [0.3, 0.4) is 0 Å². The Labute approximate surface area is 175 Å². The van der Waals surface area contributed by atoms with Crippen molar-refractivity contribution in [1.29, 1.82) is 0 Å². The van der Waals surface area contributed by atoms with Crippen LogP contribution >= 0.6 is 11.3 Å². The molecule has 0 aliphatic rings. The van der Waals surface area contributed by atoms with Crippen molar-refractivity contribution in [2.45, 2.75) is 6.61 Å². The first kappa shape index (κ1) is 21.0. The van der Waals surface area contributed by atoms with E-state index in [1.54, 1.807) is 35.7 Å². The van der Waals surface area contributed by atoms with Crippen LogP contribution in [0, 0.1) is 5.82 Å². The zero-order chi connectivity index (χ0) is 21.5. The monoisotopic (exact) mass is 428 g/mol. The Morgan fingerprint density at radius 1 is 1.00 bits per heavy atom. The molecule has 1 aromatic heterocycles. The lowest BCUT2D eigenvalue weighted by atomic mass is 10.2. The molecule has 0 aliphatic carbocycles. The molecular formula is C21H17FN2O5S. The minimum atomic E-state index is -0.749. The molecule has 3 aromatic rings. The molecule has 3 N–H and O–H groups in total. The minimum absolute atomic E-state index is 0.124. The van der Waals surface area contributed by atoms with Gasteiger partial charge in [0.2, 0.25) is 0 Å². The van der Waals surface area contributed by atoms with Gasteiger partial charge in [0.05, 0.1) is 5.56 Å². The highest BCUT2D eigenvalue weighted by atomic mass is 32.1. The number of thiophene rings is 1. The molecule has 0 bridgehead atoms. The highest BCUT2D eigenvalue weighted by molar-refractivity contribution is 7.14. The summed E-state index contributed by atoms with van der Waals surface area (Å²) in [6.07, 6.45) is 0. The van der Waals surface area contributed by atoms with Crippen LogP contribution in [0.15, 0.2) is 60.0 Å². The second-order valence-corrected chi connectivity index (χ2v) is 6.98. The molecule has 0 unspecified atom stereocenters. The van der Waals surface area contributed by atoms with Gasteiger partial charge in [-0.1, -0.05) is 24.3 Å². The molecule has 2 amide bonds. The molecule has 0 fully saturated rings. The fourth-order valence-electron chi connectivity index (χ4n) is 2.47. The van der Waals surface area contributed by atoms with Crippen LogP contribution < -0.4 is 15.8 Å². The lowest BCUT2D eigenvalue weighted by Crippen LogP contribution is -2.22. The number of hydrogen-bond acceptors (Lipinski definition) is 6. The van der Waals surface area contributed by atoms with E-state index in [4.69, 9.17) is 15.2 Å². The molecule has 0 saturated carbocycles. The van der Waals surface area contributed by atoms with Gasteiger partial charge in [-0.15, -0.1) is 11.3 Å². The smallest absolute Gasteiger partial charge is 0.342 e. The molecule has 9 heteroatoms. The quantitative estimate of drug-likeness (QED) is 0.535. The molecule has 0 radical (unpaired) electrons. The van der Waals surface area contributed by atoms with E-state index < -0.39 is 24.4 Å². The zero-order valence-corrected chi connectivity index (χ0v) is 16.4. The molecule has 0 saturated heterocycles. The summed E-state index contributed by atoms with van der Waals surface area (Å²) in [5, 5.41) is 4.38. The summed E-state index contributed by atoms with van der Waals surface area (Å²) < 4.78 is 23.7. The number of benzene rings is 2. The number of primary amides is 1. The number of para-hydroxylation sites is 1. The van der Waals surface area contributed by atoms with Crippen LogP contribution in [0.4, 0.5) is 9.39 Å². The van der Waals surface area contributed by atoms with Crippen LogP contribution in [-0.4, -0.2) is 24.4 Å². The van der Waals surface area contributed by atoms with Crippen LogP contribution in [-0.2, 0) is 16.1 Å². The fourth-order valence-corrected chi connectivity index (χ4v) is 3.28. The predicted molar refractivity (Wildman–Crippen MR) is 109 cm³/mol. The van der Waals surface area contributed by atoms with Gasteiger partial charge in [0.25, 0.3) is 11.8 Å². The molecule has 154 valence electrons. The number of anilines is 1. The van der Waals surface area contributed by atoms with E-state index in [2.05, 4.69) is 5.32 Å².